The zero-order valence-corrected chi connectivity index (χ0v) is 16.2. The molecule has 1 atom stereocenters. The molecule has 25 heavy (non-hydrogen) atoms. The molecule has 1 unspecified atom stereocenters. The van der Waals surface area contributed by atoms with Crippen molar-refractivity contribution >= 4 is 15.7 Å². The van der Waals surface area contributed by atoms with Crippen molar-refractivity contribution in [3.05, 3.63) is 42.4 Å². The van der Waals surface area contributed by atoms with Crippen LogP contribution < -0.4 is 4.31 Å². The number of aromatic nitrogens is 2. The van der Waals surface area contributed by atoms with E-state index in [2.05, 4.69) is 32.7 Å². The highest BCUT2D eigenvalue weighted by Crippen LogP contribution is 2.37. The van der Waals surface area contributed by atoms with E-state index in [0.29, 0.717) is 5.92 Å². The van der Waals surface area contributed by atoms with Crippen LogP contribution in [0.4, 0.5) is 5.69 Å². The molecular formula is C19H27N3O2S. The minimum absolute atomic E-state index is 0.0462. The van der Waals surface area contributed by atoms with Crippen LogP contribution in [-0.4, -0.2) is 24.0 Å². The molecule has 1 aliphatic rings. The Bertz CT molecular complexity index is 840. The van der Waals surface area contributed by atoms with Crippen LogP contribution in [0.3, 0.4) is 0 Å². The number of para-hydroxylation sites is 1. The highest BCUT2D eigenvalue weighted by Gasteiger charge is 2.38. The number of hydrogen-bond donors (Lipinski definition) is 0. The number of sulfonamides is 1. The number of rotatable bonds is 5. The summed E-state index contributed by atoms with van der Waals surface area (Å²) in [6, 6.07) is 7.76. The van der Waals surface area contributed by atoms with Crippen molar-refractivity contribution in [3.63, 3.8) is 0 Å². The van der Waals surface area contributed by atoms with Crippen LogP contribution in [-0.2, 0) is 23.0 Å². The predicted octanol–water partition coefficient (Wildman–Crippen LogP) is 3.71. The van der Waals surface area contributed by atoms with Crippen LogP contribution >= 0.6 is 0 Å². The topological polar surface area (TPSA) is 55.2 Å². The number of fused-ring (bicyclic) bond motifs is 1. The molecule has 1 aromatic heterocycles. The summed E-state index contributed by atoms with van der Waals surface area (Å²) in [7, 11) is -3.68. The van der Waals surface area contributed by atoms with E-state index in [1.165, 1.54) is 0 Å². The van der Waals surface area contributed by atoms with Crippen LogP contribution in [0.5, 0.6) is 0 Å². The predicted molar refractivity (Wildman–Crippen MR) is 100 cm³/mol. The molecule has 3 rings (SSSR count). The third kappa shape index (κ3) is 3.45. The number of benzene rings is 1. The lowest BCUT2D eigenvalue weighted by Crippen LogP contribution is -2.46. The lowest BCUT2D eigenvalue weighted by atomic mass is 9.91. The maximum absolute atomic E-state index is 13.4. The van der Waals surface area contributed by atoms with E-state index < -0.39 is 10.0 Å². The van der Waals surface area contributed by atoms with Gasteiger partial charge in [0.05, 0.1) is 12.0 Å². The fourth-order valence-electron chi connectivity index (χ4n) is 3.54. The summed E-state index contributed by atoms with van der Waals surface area (Å²) in [6.07, 6.45) is 5.02. The molecule has 0 radical (unpaired) electrons. The summed E-state index contributed by atoms with van der Waals surface area (Å²) in [5.41, 5.74) is 1.88. The minimum atomic E-state index is -3.68. The molecule has 0 amide bonds. The van der Waals surface area contributed by atoms with Gasteiger partial charge >= 0.3 is 0 Å². The first kappa shape index (κ1) is 18.0. The first-order valence-electron chi connectivity index (χ1n) is 8.95. The Morgan fingerprint density at radius 3 is 2.60 bits per heavy atom. The Labute approximate surface area is 150 Å². The Kier molecular flexibility index (Phi) is 4.91. The first-order chi connectivity index (χ1) is 11.8. The number of aryl methyl sites for hydroxylation is 1. The fourth-order valence-corrected chi connectivity index (χ4v) is 5.34. The molecule has 0 aliphatic carbocycles. The molecule has 2 heterocycles. The van der Waals surface area contributed by atoms with E-state index in [1.54, 1.807) is 16.8 Å². The van der Waals surface area contributed by atoms with Gasteiger partial charge in [0.15, 0.2) is 5.03 Å². The Morgan fingerprint density at radius 1 is 1.20 bits per heavy atom. The number of imidazole rings is 1. The minimum Gasteiger partial charge on any atom is -0.336 e. The smallest absolute Gasteiger partial charge is 0.283 e. The summed E-state index contributed by atoms with van der Waals surface area (Å²) in [5.74, 6) is 0.671. The summed E-state index contributed by atoms with van der Waals surface area (Å²) in [6.45, 7) is 9.12. The van der Waals surface area contributed by atoms with Gasteiger partial charge in [0.2, 0.25) is 0 Å². The van der Waals surface area contributed by atoms with Crippen LogP contribution in [0.1, 0.15) is 39.7 Å². The summed E-state index contributed by atoms with van der Waals surface area (Å²) >= 11 is 0. The SMILES string of the molecule is CC(C)Cn1cnc(S(=O)(=O)N2c3ccccc3CCC2C(C)C)c1. The standard InChI is InChI=1S/C19H27N3O2S/c1-14(2)11-21-12-19(20-13-21)25(23,24)22-17(15(3)4)10-9-16-7-5-6-8-18(16)22/h5-8,12-15,17H,9-11H2,1-4H3. The van der Waals surface area contributed by atoms with Gasteiger partial charge in [-0.2, -0.15) is 8.42 Å². The highest BCUT2D eigenvalue weighted by molar-refractivity contribution is 7.92. The van der Waals surface area contributed by atoms with Crippen molar-refractivity contribution in [2.45, 2.75) is 58.1 Å². The van der Waals surface area contributed by atoms with E-state index in [0.717, 1.165) is 30.6 Å². The van der Waals surface area contributed by atoms with Crippen LogP contribution in [0.2, 0.25) is 0 Å². The molecule has 0 N–H and O–H groups in total. The van der Waals surface area contributed by atoms with Gasteiger partial charge in [-0.25, -0.2) is 4.98 Å². The number of hydrogen-bond acceptors (Lipinski definition) is 3. The number of anilines is 1. The van der Waals surface area contributed by atoms with Gasteiger partial charge in [0, 0.05) is 18.8 Å². The molecule has 1 aliphatic heterocycles. The summed E-state index contributed by atoms with van der Waals surface area (Å²) in [5, 5.41) is 0.135. The maximum atomic E-state index is 13.4. The first-order valence-corrected chi connectivity index (χ1v) is 10.4. The average Bonchev–Trinajstić information content (AvgIpc) is 3.02. The summed E-state index contributed by atoms with van der Waals surface area (Å²) < 4.78 is 30.3. The fraction of sp³-hybridized carbons (Fsp3) is 0.526. The van der Waals surface area contributed by atoms with E-state index in [9.17, 15) is 8.42 Å². The molecule has 0 bridgehead atoms. The van der Waals surface area contributed by atoms with E-state index in [4.69, 9.17) is 0 Å². The van der Waals surface area contributed by atoms with Crippen molar-refractivity contribution < 1.29 is 8.42 Å². The second-order valence-electron chi connectivity index (χ2n) is 7.58. The van der Waals surface area contributed by atoms with E-state index in [-0.39, 0.29) is 17.0 Å². The van der Waals surface area contributed by atoms with E-state index >= 15 is 0 Å². The van der Waals surface area contributed by atoms with Crippen molar-refractivity contribution in [2.24, 2.45) is 11.8 Å². The van der Waals surface area contributed by atoms with Gasteiger partial charge in [0.25, 0.3) is 10.0 Å². The third-order valence-electron chi connectivity index (χ3n) is 4.72. The zero-order chi connectivity index (χ0) is 18.2. The molecule has 0 spiro atoms. The molecular weight excluding hydrogens is 334 g/mol. The monoisotopic (exact) mass is 361 g/mol. The van der Waals surface area contributed by atoms with Crippen molar-refractivity contribution in [1.82, 2.24) is 9.55 Å². The van der Waals surface area contributed by atoms with E-state index in [1.807, 2.05) is 28.8 Å². The van der Waals surface area contributed by atoms with Gasteiger partial charge in [-0.3, -0.25) is 4.31 Å². The third-order valence-corrected chi connectivity index (χ3v) is 6.44. The van der Waals surface area contributed by atoms with Gasteiger partial charge in [-0.1, -0.05) is 45.9 Å². The van der Waals surface area contributed by atoms with Crippen LogP contribution in [0, 0.1) is 11.8 Å². The second-order valence-corrected chi connectivity index (χ2v) is 9.34. The maximum Gasteiger partial charge on any atom is 0.283 e. The van der Waals surface area contributed by atoms with Gasteiger partial charge < -0.3 is 4.57 Å². The molecule has 0 saturated carbocycles. The average molecular weight is 362 g/mol. The lowest BCUT2D eigenvalue weighted by molar-refractivity contribution is 0.445. The highest BCUT2D eigenvalue weighted by atomic mass is 32.2. The van der Waals surface area contributed by atoms with Crippen molar-refractivity contribution in [1.29, 1.82) is 0 Å². The van der Waals surface area contributed by atoms with Gasteiger partial charge in [0.1, 0.15) is 0 Å². The summed E-state index contributed by atoms with van der Waals surface area (Å²) in [4.78, 5) is 4.22. The molecule has 136 valence electrons. The lowest BCUT2D eigenvalue weighted by Gasteiger charge is -2.39. The quantitative estimate of drug-likeness (QED) is 0.816. The Morgan fingerprint density at radius 2 is 1.92 bits per heavy atom. The van der Waals surface area contributed by atoms with Gasteiger partial charge in [-0.05, 0) is 36.3 Å². The number of nitrogens with zero attached hydrogens (tertiary/aromatic N) is 3. The largest absolute Gasteiger partial charge is 0.336 e. The molecule has 6 heteroatoms. The molecule has 0 saturated heterocycles. The normalized spacial score (nSPS) is 18.0. The zero-order valence-electron chi connectivity index (χ0n) is 15.4. The van der Waals surface area contributed by atoms with Crippen LogP contribution in [0.15, 0.2) is 41.8 Å². The van der Waals surface area contributed by atoms with Crippen molar-refractivity contribution in [3.8, 4) is 0 Å². The van der Waals surface area contributed by atoms with Crippen molar-refractivity contribution in [2.75, 3.05) is 4.31 Å². The molecule has 0 fully saturated rings. The Hall–Kier alpha value is -1.82. The second kappa shape index (κ2) is 6.83. The van der Waals surface area contributed by atoms with Gasteiger partial charge in [-0.15, -0.1) is 0 Å². The van der Waals surface area contributed by atoms with Crippen LogP contribution in [0.25, 0.3) is 0 Å². The molecule has 2 aromatic rings. The Balaban J connectivity index is 2.05. The molecule has 1 aromatic carbocycles. The molecule has 5 nitrogen and oxygen atoms in total.